The Labute approximate surface area is 165 Å². The summed E-state index contributed by atoms with van der Waals surface area (Å²) in [5.41, 5.74) is 3.51. The fourth-order valence-electron chi connectivity index (χ4n) is 3.80. The lowest BCUT2D eigenvalue weighted by molar-refractivity contribution is 0.0937. The number of fused-ring (bicyclic) bond motifs is 1. The molecule has 0 saturated carbocycles. The Morgan fingerprint density at radius 1 is 1.21 bits per heavy atom. The maximum Gasteiger partial charge on any atom is 0.253 e. The highest BCUT2D eigenvalue weighted by molar-refractivity contribution is 5.99. The molecule has 0 aliphatic carbocycles. The first-order valence-electron chi connectivity index (χ1n) is 9.65. The molecule has 1 fully saturated rings. The van der Waals surface area contributed by atoms with Crippen molar-refractivity contribution in [2.75, 3.05) is 20.2 Å². The van der Waals surface area contributed by atoms with Crippen LogP contribution in [0.2, 0.25) is 0 Å². The summed E-state index contributed by atoms with van der Waals surface area (Å²) in [7, 11) is 1.64. The number of methoxy groups -OCH3 is 1. The van der Waals surface area contributed by atoms with E-state index >= 15 is 0 Å². The average Bonchev–Trinajstić information content (AvgIpc) is 3.14. The van der Waals surface area contributed by atoms with Crippen molar-refractivity contribution in [1.82, 2.24) is 15.2 Å². The van der Waals surface area contributed by atoms with Crippen molar-refractivity contribution in [3.63, 3.8) is 0 Å². The summed E-state index contributed by atoms with van der Waals surface area (Å²) in [6.45, 7) is 4.67. The van der Waals surface area contributed by atoms with Gasteiger partial charge in [-0.1, -0.05) is 30.3 Å². The van der Waals surface area contributed by atoms with E-state index in [0.29, 0.717) is 5.56 Å². The summed E-state index contributed by atoms with van der Waals surface area (Å²) in [4.78, 5) is 19.8. The van der Waals surface area contributed by atoms with E-state index in [1.54, 1.807) is 7.11 Å². The minimum absolute atomic E-state index is 0.0470. The summed E-state index contributed by atoms with van der Waals surface area (Å²) < 4.78 is 5.26. The monoisotopic (exact) mass is 375 g/mol. The molecule has 2 heterocycles. The third-order valence-corrected chi connectivity index (χ3v) is 5.32. The third kappa shape index (κ3) is 3.99. The number of hydrogen-bond acceptors (Lipinski definition) is 4. The van der Waals surface area contributed by atoms with Gasteiger partial charge >= 0.3 is 0 Å². The molecule has 5 nitrogen and oxygen atoms in total. The van der Waals surface area contributed by atoms with Crippen molar-refractivity contribution in [2.45, 2.75) is 25.9 Å². The van der Waals surface area contributed by atoms with Crippen LogP contribution in [0.5, 0.6) is 5.75 Å². The predicted octanol–water partition coefficient (Wildman–Crippen LogP) is 3.56. The molecular formula is C23H25N3O2. The van der Waals surface area contributed by atoms with Gasteiger partial charge < -0.3 is 10.1 Å². The molecule has 1 N–H and O–H groups in total. The van der Waals surface area contributed by atoms with Gasteiger partial charge in [-0.2, -0.15) is 0 Å². The van der Waals surface area contributed by atoms with Gasteiger partial charge in [0.1, 0.15) is 5.75 Å². The molecule has 5 heteroatoms. The molecule has 2 aromatic carbocycles. The second-order valence-electron chi connectivity index (χ2n) is 7.36. The number of aryl methyl sites for hydroxylation is 1. The fourth-order valence-corrected chi connectivity index (χ4v) is 3.80. The quantitative estimate of drug-likeness (QED) is 0.741. The van der Waals surface area contributed by atoms with Crippen LogP contribution in [0.15, 0.2) is 54.6 Å². The number of amides is 1. The summed E-state index contributed by atoms with van der Waals surface area (Å²) in [6, 6.07) is 18.3. The van der Waals surface area contributed by atoms with Gasteiger partial charge in [0.25, 0.3) is 5.91 Å². The van der Waals surface area contributed by atoms with E-state index in [0.717, 1.165) is 48.4 Å². The van der Waals surface area contributed by atoms with Crippen LogP contribution in [-0.2, 0) is 6.54 Å². The predicted molar refractivity (Wildman–Crippen MR) is 111 cm³/mol. The second kappa shape index (κ2) is 7.98. The van der Waals surface area contributed by atoms with Gasteiger partial charge in [-0.25, -0.2) is 0 Å². The first-order valence-corrected chi connectivity index (χ1v) is 9.65. The summed E-state index contributed by atoms with van der Waals surface area (Å²) in [5, 5.41) is 4.13. The zero-order valence-electron chi connectivity index (χ0n) is 16.3. The van der Waals surface area contributed by atoms with Crippen LogP contribution in [0, 0.1) is 6.92 Å². The van der Waals surface area contributed by atoms with Crippen LogP contribution < -0.4 is 10.1 Å². The van der Waals surface area contributed by atoms with E-state index in [1.165, 1.54) is 5.56 Å². The highest BCUT2D eigenvalue weighted by Gasteiger charge is 2.25. The smallest absolute Gasteiger partial charge is 0.253 e. The average molecular weight is 375 g/mol. The van der Waals surface area contributed by atoms with Crippen LogP contribution in [0.1, 0.15) is 28.0 Å². The summed E-state index contributed by atoms with van der Waals surface area (Å²) in [5.74, 6) is 0.718. The molecule has 1 aliphatic rings. The molecule has 4 rings (SSSR count). The molecule has 1 aromatic heterocycles. The number of likely N-dealkylation sites (tertiary alicyclic amines) is 1. The normalized spacial score (nSPS) is 17.0. The van der Waals surface area contributed by atoms with Crippen LogP contribution >= 0.6 is 0 Å². The molecule has 1 aliphatic heterocycles. The number of nitrogens with one attached hydrogen (secondary N) is 1. The minimum Gasteiger partial charge on any atom is -0.497 e. The van der Waals surface area contributed by atoms with E-state index in [9.17, 15) is 4.79 Å². The Hall–Kier alpha value is -2.92. The molecule has 1 amide bonds. The lowest BCUT2D eigenvalue weighted by atomic mass is 10.1. The Kier molecular flexibility index (Phi) is 5.26. The molecule has 1 atom stereocenters. The van der Waals surface area contributed by atoms with Crippen LogP contribution in [-0.4, -0.2) is 42.0 Å². The lowest BCUT2D eigenvalue weighted by Gasteiger charge is -2.17. The van der Waals surface area contributed by atoms with Gasteiger partial charge in [-0.05, 0) is 37.1 Å². The number of nitrogens with zero attached hydrogens (tertiary/aromatic N) is 2. The molecule has 1 saturated heterocycles. The number of benzene rings is 2. The van der Waals surface area contributed by atoms with Gasteiger partial charge in [-0.15, -0.1) is 0 Å². The molecule has 0 bridgehead atoms. The van der Waals surface area contributed by atoms with Gasteiger partial charge in [0.05, 0.1) is 23.9 Å². The van der Waals surface area contributed by atoms with E-state index < -0.39 is 0 Å². The number of carbonyl (C=O) groups excluding carboxylic acids is 1. The van der Waals surface area contributed by atoms with Crippen molar-refractivity contribution < 1.29 is 9.53 Å². The summed E-state index contributed by atoms with van der Waals surface area (Å²) in [6.07, 6.45) is 0.968. The lowest BCUT2D eigenvalue weighted by Crippen LogP contribution is -2.37. The maximum atomic E-state index is 12.9. The van der Waals surface area contributed by atoms with Crippen LogP contribution in [0.25, 0.3) is 10.9 Å². The number of carbonyl (C=O) groups is 1. The minimum atomic E-state index is -0.0470. The van der Waals surface area contributed by atoms with Crippen molar-refractivity contribution in [3.8, 4) is 5.75 Å². The molecule has 3 aromatic rings. The standard InChI is InChI=1S/C23H25N3O2/c1-16-21(12-18-8-9-20(28-2)13-22(18)24-16)23(27)25-19-10-11-26(15-19)14-17-6-4-3-5-7-17/h3-9,12-13,19H,10-11,14-15H2,1-2H3,(H,25,27)/t19-/m1/s1. The van der Waals surface area contributed by atoms with E-state index in [2.05, 4.69) is 39.5 Å². The molecule has 0 radical (unpaired) electrons. The van der Waals surface area contributed by atoms with Crippen LogP contribution in [0.4, 0.5) is 0 Å². The molecule has 0 spiro atoms. The second-order valence-corrected chi connectivity index (χ2v) is 7.36. The largest absolute Gasteiger partial charge is 0.497 e. The van der Waals surface area contributed by atoms with Crippen LogP contribution in [0.3, 0.4) is 0 Å². The zero-order chi connectivity index (χ0) is 19.5. The van der Waals surface area contributed by atoms with Gasteiger partial charge in [0.2, 0.25) is 0 Å². The fraction of sp³-hybridized carbons (Fsp3) is 0.304. The molecule has 28 heavy (non-hydrogen) atoms. The number of ether oxygens (including phenoxy) is 1. The Morgan fingerprint density at radius 2 is 2.04 bits per heavy atom. The first kappa shape index (κ1) is 18.4. The maximum absolute atomic E-state index is 12.9. The first-order chi connectivity index (χ1) is 13.6. The van der Waals surface area contributed by atoms with Gasteiger partial charge in [0.15, 0.2) is 0 Å². The molecular weight excluding hydrogens is 350 g/mol. The van der Waals surface area contributed by atoms with Crippen molar-refractivity contribution in [1.29, 1.82) is 0 Å². The third-order valence-electron chi connectivity index (χ3n) is 5.32. The summed E-state index contributed by atoms with van der Waals surface area (Å²) >= 11 is 0. The number of hydrogen-bond donors (Lipinski definition) is 1. The molecule has 0 unspecified atom stereocenters. The number of pyridine rings is 1. The Morgan fingerprint density at radius 3 is 2.82 bits per heavy atom. The van der Waals surface area contributed by atoms with Gasteiger partial charge in [-0.3, -0.25) is 14.7 Å². The van der Waals surface area contributed by atoms with E-state index in [-0.39, 0.29) is 11.9 Å². The van der Waals surface area contributed by atoms with Gasteiger partial charge in [0, 0.05) is 37.1 Å². The highest BCUT2D eigenvalue weighted by Crippen LogP contribution is 2.22. The Balaban J connectivity index is 1.43. The zero-order valence-corrected chi connectivity index (χ0v) is 16.3. The SMILES string of the molecule is COc1ccc2cc(C(=O)N[C@@H]3CCN(Cc4ccccc4)C3)c(C)nc2c1. The number of rotatable bonds is 5. The number of aromatic nitrogens is 1. The van der Waals surface area contributed by atoms with Crippen molar-refractivity contribution in [3.05, 3.63) is 71.4 Å². The van der Waals surface area contributed by atoms with Crippen molar-refractivity contribution >= 4 is 16.8 Å². The van der Waals surface area contributed by atoms with E-state index in [4.69, 9.17) is 4.74 Å². The molecule has 144 valence electrons. The Bertz CT molecular complexity index is 988. The van der Waals surface area contributed by atoms with E-state index in [1.807, 2.05) is 37.3 Å². The van der Waals surface area contributed by atoms with Crippen molar-refractivity contribution in [2.24, 2.45) is 0 Å². The highest BCUT2D eigenvalue weighted by atomic mass is 16.5. The topological polar surface area (TPSA) is 54.5 Å².